The zero-order valence-electron chi connectivity index (χ0n) is 11.3. The lowest BCUT2D eigenvalue weighted by Crippen LogP contribution is -2.29. The lowest BCUT2D eigenvalue weighted by Gasteiger charge is -2.18. The van der Waals surface area contributed by atoms with Gasteiger partial charge in [0.15, 0.2) is 0 Å². The minimum atomic E-state index is 0.165. The van der Waals surface area contributed by atoms with Gasteiger partial charge in [0.05, 0.1) is 5.56 Å². The van der Waals surface area contributed by atoms with E-state index in [0.29, 0.717) is 5.92 Å². The second-order valence-electron chi connectivity index (χ2n) is 4.99. The molecular weight excluding hydrogens is 224 g/mol. The molecular formula is C15H22N2O. The molecule has 0 spiro atoms. The number of para-hydroxylation sites is 1. The lowest BCUT2D eigenvalue weighted by atomic mass is 10.0. The van der Waals surface area contributed by atoms with E-state index >= 15 is 0 Å². The number of nitrogens with one attached hydrogen (secondary N) is 1. The monoisotopic (exact) mass is 246 g/mol. The van der Waals surface area contributed by atoms with Gasteiger partial charge in [-0.05, 0) is 30.9 Å². The number of hydrogen-bond donors (Lipinski definition) is 1. The average molecular weight is 246 g/mol. The van der Waals surface area contributed by atoms with Crippen molar-refractivity contribution in [1.29, 1.82) is 0 Å². The second kappa shape index (κ2) is 5.89. The maximum absolute atomic E-state index is 12.5. The van der Waals surface area contributed by atoms with Gasteiger partial charge in [0.2, 0.25) is 0 Å². The molecule has 1 amide bonds. The molecule has 18 heavy (non-hydrogen) atoms. The molecule has 1 aliphatic heterocycles. The maximum Gasteiger partial charge on any atom is 0.255 e. The number of anilines is 1. The number of rotatable bonds is 4. The Balaban J connectivity index is 2.08. The van der Waals surface area contributed by atoms with Crippen molar-refractivity contribution in [3.63, 3.8) is 0 Å². The van der Waals surface area contributed by atoms with Crippen LogP contribution in [0, 0.1) is 5.92 Å². The molecule has 1 atom stereocenters. The summed E-state index contributed by atoms with van der Waals surface area (Å²) in [5, 5.41) is 3.09. The van der Waals surface area contributed by atoms with Crippen LogP contribution in [-0.2, 0) is 0 Å². The lowest BCUT2D eigenvalue weighted by molar-refractivity contribution is 0.0787. The first-order valence-corrected chi connectivity index (χ1v) is 6.82. The molecule has 1 saturated heterocycles. The molecule has 3 heteroatoms. The van der Waals surface area contributed by atoms with E-state index in [0.717, 1.165) is 30.8 Å². The smallest absolute Gasteiger partial charge is 0.255 e. The molecule has 98 valence electrons. The summed E-state index contributed by atoms with van der Waals surface area (Å²) in [4.78, 5) is 14.5. The molecule has 0 aromatic heterocycles. The van der Waals surface area contributed by atoms with Crippen LogP contribution in [0.3, 0.4) is 0 Å². The van der Waals surface area contributed by atoms with Crippen LogP contribution in [0.15, 0.2) is 24.3 Å². The highest BCUT2D eigenvalue weighted by Gasteiger charge is 2.27. The van der Waals surface area contributed by atoms with E-state index in [1.54, 1.807) is 0 Å². The Morgan fingerprint density at radius 1 is 1.44 bits per heavy atom. The normalized spacial score (nSPS) is 19.0. The summed E-state index contributed by atoms with van der Waals surface area (Å²) in [6, 6.07) is 7.73. The van der Waals surface area contributed by atoms with E-state index in [9.17, 15) is 4.79 Å². The van der Waals surface area contributed by atoms with Crippen LogP contribution in [0.4, 0.5) is 5.69 Å². The van der Waals surface area contributed by atoms with Crippen molar-refractivity contribution in [2.24, 2.45) is 5.92 Å². The third-order valence-corrected chi connectivity index (χ3v) is 3.70. The average Bonchev–Trinajstić information content (AvgIpc) is 2.87. The molecule has 1 fully saturated rings. The summed E-state index contributed by atoms with van der Waals surface area (Å²) < 4.78 is 0. The van der Waals surface area contributed by atoms with Crippen LogP contribution in [-0.4, -0.2) is 30.9 Å². The van der Waals surface area contributed by atoms with Crippen LogP contribution in [0.2, 0.25) is 0 Å². The van der Waals surface area contributed by atoms with Crippen molar-refractivity contribution >= 4 is 11.6 Å². The highest BCUT2D eigenvalue weighted by atomic mass is 16.2. The Morgan fingerprint density at radius 2 is 2.22 bits per heavy atom. The maximum atomic E-state index is 12.5. The molecule has 1 aromatic rings. The predicted octanol–water partition coefficient (Wildman–Crippen LogP) is 2.99. The Hall–Kier alpha value is -1.51. The largest absolute Gasteiger partial charge is 0.387 e. The fourth-order valence-electron chi connectivity index (χ4n) is 2.72. The zero-order chi connectivity index (χ0) is 13.0. The van der Waals surface area contributed by atoms with Gasteiger partial charge in [-0.1, -0.05) is 25.5 Å². The molecule has 3 nitrogen and oxygen atoms in total. The summed E-state index contributed by atoms with van der Waals surface area (Å²) in [6.45, 7) is 4.03. The van der Waals surface area contributed by atoms with Gasteiger partial charge in [-0.25, -0.2) is 0 Å². The summed E-state index contributed by atoms with van der Waals surface area (Å²) in [5.74, 6) is 0.860. The molecule has 1 aromatic carbocycles. The minimum absolute atomic E-state index is 0.165. The molecule has 1 aliphatic rings. The van der Waals surface area contributed by atoms with Gasteiger partial charge in [-0.15, -0.1) is 0 Å². The van der Waals surface area contributed by atoms with Gasteiger partial charge in [0, 0.05) is 25.8 Å². The van der Waals surface area contributed by atoms with E-state index in [4.69, 9.17) is 0 Å². The van der Waals surface area contributed by atoms with Gasteiger partial charge in [0.25, 0.3) is 5.91 Å². The molecule has 1 unspecified atom stereocenters. The van der Waals surface area contributed by atoms with Crippen molar-refractivity contribution in [3.8, 4) is 0 Å². The van der Waals surface area contributed by atoms with Crippen LogP contribution in [0.1, 0.15) is 36.5 Å². The summed E-state index contributed by atoms with van der Waals surface area (Å²) in [5.41, 5.74) is 1.71. The summed E-state index contributed by atoms with van der Waals surface area (Å²) in [7, 11) is 1.86. The van der Waals surface area contributed by atoms with Crippen molar-refractivity contribution in [2.45, 2.75) is 26.2 Å². The van der Waals surface area contributed by atoms with Crippen LogP contribution in [0.25, 0.3) is 0 Å². The van der Waals surface area contributed by atoms with Crippen molar-refractivity contribution in [3.05, 3.63) is 29.8 Å². The van der Waals surface area contributed by atoms with Gasteiger partial charge in [0.1, 0.15) is 0 Å². The third-order valence-electron chi connectivity index (χ3n) is 3.70. The Bertz CT molecular complexity index is 417. The zero-order valence-corrected chi connectivity index (χ0v) is 11.3. The first-order chi connectivity index (χ1) is 8.76. The first kappa shape index (κ1) is 12.9. The van der Waals surface area contributed by atoms with E-state index in [2.05, 4.69) is 12.2 Å². The number of nitrogens with zero attached hydrogens (tertiary/aromatic N) is 1. The number of benzene rings is 1. The number of amides is 1. The van der Waals surface area contributed by atoms with Gasteiger partial charge < -0.3 is 10.2 Å². The van der Waals surface area contributed by atoms with E-state index in [1.807, 2.05) is 36.2 Å². The molecule has 0 radical (unpaired) electrons. The van der Waals surface area contributed by atoms with E-state index < -0.39 is 0 Å². The highest BCUT2D eigenvalue weighted by molar-refractivity contribution is 5.99. The second-order valence-corrected chi connectivity index (χ2v) is 4.99. The van der Waals surface area contributed by atoms with E-state index in [1.165, 1.54) is 12.8 Å². The van der Waals surface area contributed by atoms with Crippen molar-refractivity contribution < 1.29 is 4.79 Å². The predicted molar refractivity (Wildman–Crippen MR) is 74.9 cm³/mol. The Kier molecular flexibility index (Phi) is 4.24. The summed E-state index contributed by atoms with van der Waals surface area (Å²) >= 11 is 0. The number of carbonyl (C=O) groups is 1. The molecule has 0 saturated carbocycles. The van der Waals surface area contributed by atoms with E-state index in [-0.39, 0.29) is 5.91 Å². The van der Waals surface area contributed by atoms with Gasteiger partial charge >= 0.3 is 0 Å². The minimum Gasteiger partial charge on any atom is -0.387 e. The fourth-order valence-corrected chi connectivity index (χ4v) is 2.72. The fraction of sp³-hybridized carbons (Fsp3) is 0.533. The number of hydrogen-bond acceptors (Lipinski definition) is 2. The van der Waals surface area contributed by atoms with Crippen LogP contribution >= 0.6 is 0 Å². The quantitative estimate of drug-likeness (QED) is 0.885. The molecule has 0 aliphatic carbocycles. The number of likely N-dealkylation sites (tertiary alicyclic amines) is 1. The first-order valence-electron chi connectivity index (χ1n) is 6.82. The Morgan fingerprint density at radius 3 is 2.94 bits per heavy atom. The summed E-state index contributed by atoms with van der Waals surface area (Å²) in [6.07, 6.45) is 3.60. The molecule has 1 N–H and O–H groups in total. The third kappa shape index (κ3) is 2.66. The SMILES string of the molecule is CCCC1CCN(C(=O)c2ccccc2NC)C1. The van der Waals surface area contributed by atoms with Gasteiger partial charge in [-0.2, -0.15) is 0 Å². The Labute approximate surface area is 109 Å². The molecule has 2 rings (SSSR count). The highest BCUT2D eigenvalue weighted by Crippen LogP contribution is 2.24. The van der Waals surface area contributed by atoms with Crippen molar-refractivity contribution in [1.82, 2.24) is 4.90 Å². The standard InChI is InChI=1S/C15H22N2O/c1-3-6-12-9-10-17(11-12)15(18)13-7-4-5-8-14(13)16-2/h4-5,7-8,12,16H,3,6,9-11H2,1-2H3. The topological polar surface area (TPSA) is 32.3 Å². The van der Waals surface area contributed by atoms with Crippen LogP contribution in [0.5, 0.6) is 0 Å². The number of carbonyl (C=O) groups excluding carboxylic acids is 1. The van der Waals surface area contributed by atoms with Gasteiger partial charge in [-0.3, -0.25) is 4.79 Å². The van der Waals surface area contributed by atoms with Crippen molar-refractivity contribution in [2.75, 3.05) is 25.5 Å². The molecule has 1 heterocycles. The van der Waals surface area contributed by atoms with Crippen LogP contribution < -0.4 is 5.32 Å². The molecule has 0 bridgehead atoms.